The highest BCUT2D eigenvalue weighted by atomic mass is 32.2. The molecule has 5 heteroatoms. The Labute approximate surface area is 102 Å². The van der Waals surface area contributed by atoms with E-state index < -0.39 is 10.0 Å². The van der Waals surface area contributed by atoms with Gasteiger partial charge in [-0.25, -0.2) is 8.42 Å². The van der Waals surface area contributed by atoms with E-state index in [0.717, 1.165) is 5.56 Å². The molecule has 1 unspecified atom stereocenters. The standard InChI is InChI=1S/C12H14N2O2S/c1-10-8-14(17(15,16)9-10)12-4-2-11(3-5-12)6-7-13/h2-5,10H,6,8-9H2,1H3. The molecule has 0 aliphatic carbocycles. The van der Waals surface area contributed by atoms with E-state index in [1.54, 1.807) is 24.3 Å². The molecule has 2 rings (SSSR count). The molecule has 1 heterocycles. The van der Waals surface area contributed by atoms with E-state index in [4.69, 9.17) is 5.26 Å². The highest BCUT2D eigenvalue weighted by molar-refractivity contribution is 7.93. The first-order valence-electron chi connectivity index (χ1n) is 5.49. The third-order valence-electron chi connectivity index (χ3n) is 2.82. The number of benzene rings is 1. The van der Waals surface area contributed by atoms with Crippen LogP contribution in [0.3, 0.4) is 0 Å². The lowest BCUT2D eigenvalue weighted by Crippen LogP contribution is -2.25. The monoisotopic (exact) mass is 250 g/mol. The molecule has 1 fully saturated rings. The van der Waals surface area contributed by atoms with Crippen molar-refractivity contribution in [2.24, 2.45) is 5.92 Å². The van der Waals surface area contributed by atoms with Gasteiger partial charge in [-0.15, -0.1) is 0 Å². The predicted octanol–water partition coefficient (Wildman–Crippen LogP) is 1.54. The maximum atomic E-state index is 11.9. The molecule has 0 amide bonds. The van der Waals surface area contributed by atoms with Gasteiger partial charge in [0.25, 0.3) is 0 Å². The molecule has 0 bridgehead atoms. The summed E-state index contributed by atoms with van der Waals surface area (Å²) in [6.07, 6.45) is 0.351. The quantitative estimate of drug-likeness (QED) is 0.800. The van der Waals surface area contributed by atoms with Crippen LogP contribution in [-0.2, 0) is 16.4 Å². The van der Waals surface area contributed by atoms with Gasteiger partial charge in [0.1, 0.15) is 0 Å². The zero-order valence-electron chi connectivity index (χ0n) is 9.63. The minimum Gasteiger partial charge on any atom is -0.270 e. The van der Waals surface area contributed by atoms with Gasteiger partial charge in [0.15, 0.2) is 0 Å². The van der Waals surface area contributed by atoms with E-state index in [9.17, 15) is 8.42 Å². The molecule has 1 aliphatic rings. The van der Waals surface area contributed by atoms with Crippen molar-refractivity contribution in [2.45, 2.75) is 13.3 Å². The Morgan fingerprint density at radius 3 is 2.53 bits per heavy atom. The van der Waals surface area contributed by atoms with Gasteiger partial charge in [0, 0.05) is 6.54 Å². The van der Waals surface area contributed by atoms with Gasteiger partial charge in [-0.3, -0.25) is 4.31 Å². The molecule has 17 heavy (non-hydrogen) atoms. The van der Waals surface area contributed by atoms with Crippen molar-refractivity contribution >= 4 is 15.7 Å². The zero-order valence-corrected chi connectivity index (χ0v) is 10.4. The lowest BCUT2D eigenvalue weighted by Gasteiger charge is -2.17. The molecule has 0 radical (unpaired) electrons. The van der Waals surface area contributed by atoms with Crippen molar-refractivity contribution in [2.75, 3.05) is 16.6 Å². The summed E-state index contributed by atoms with van der Waals surface area (Å²) < 4.78 is 25.2. The third kappa shape index (κ3) is 2.42. The van der Waals surface area contributed by atoms with Crippen LogP contribution in [0.25, 0.3) is 0 Å². The van der Waals surface area contributed by atoms with Crippen LogP contribution in [0, 0.1) is 17.2 Å². The molecule has 1 aromatic rings. The molecule has 0 spiro atoms. The summed E-state index contributed by atoms with van der Waals surface area (Å²) in [6, 6.07) is 9.20. The van der Waals surface area contributed by atoms with Crippen molar-refractivity contribution in [1.29, 1.82) is 5.26 Å². The van der Waals surface area contributed by atoms with Crippen LogP contribution >= 0.6 is 0 Å². The summed E-state index contributed by atoms with van der Waals surface area (Å²) in [5.74, 6) is 0.381. The lowest BCUT2D eigenvalue weighted by atomic mass is 10.1. The fraction of sp³-hybridized carbons (Fsp3) is 0.417. The van der Waals surface area contributed by atoms with Crippen molar-refractivity contribution in [3.63, 3.8) is 0 Å². The van der Waals surface area contributed by atoms with Gasteiger partial charge in [0.2, 0.25) is 10.0 Å². The molecular formula is C12H14N2O2S. The van der Waals surface area contributed by atoms with E-state index in [1.807, 2.05) is 6.92 Å². The Morgan fingerprint density at radius 2 is 2.06 bits per heavy atom. The normalized spacial score (nSPS) is 22.4. The second kappa shape index (κ2) is 4.38. The molecule has 0 N–H and O–H groups in total. The van der Waals surface area contributed by atoms with E-state index >= 15 is 0 Å². The number of hydrogen-bond donors (Lipinski definition) is 0. The molecule has 90 valence electrons. The van der Waals surface area contributed by atoms with E-state index in [0.29, 0.717) is 18.7 Å². The maximum absolute atomic E-state index is 11.9. The zero-order chi connectivity index (χ0) is 12.5. The Hall–Kier alpha value is -1.54. The summed E-state index contributed by atoms with van der Waals surface area (Å²) in [4.78, 5) is 0. The fourth-order valence-corrected chi connectivity index (χ4v) is 3.97. The number of hydrogen-bond acceptors (Lipinski definition) is 3. The first-order valence-corrected chi connectivity index (χ1v) is 7.10. The maximum Gasteiger partial charge on any atom is 0.235 e. The first kappa shape index (κ1) is 11.9. The van der Waals surface area contributed by atoms with Crippen molar-refractivity contribution in [3.05, 3.63) is 29.8 Å². The molecule has 1 atom stereocenters. The van der Waals surface area contributed by atoms with Crippen LogP contribution in [-0.4, -0.2) is 20.7 Å². The number of sulfonamides is 1. The van der Waals surface area contributed by atoms with Gasteiger partial charge >= 0.3 is 0 Å². The first-order chi connectivity index (χ1) is 8.03. The Morgan fingerprint density at radius 1 is 1.41 bits per heavy atom. The minimum absolute atomic E-state index is 0.166. The number of anilines is 1. The van der Waals surface area contributed by atoms with Gasteiger partial charge in [-0.1, -0.05) is 19.1 Å². The summed E-state index contributed by atoms with van der Waals surface area (Å²) in [5.41, 5.74) is 1.59. The largest absolute Gasteiger partial charge is 0.270 e. The van der Waals surface area contributed by atoms with Crippen molar-refractivity contribution in [1.82, 2.24) is 0 Å². The van der Waals surface area contributed by atoms with Crippen molar-refractivity contribution < 1.29 is 8.42 Å². The fourth-order valence-electron chi connectivity index (χ4n) is 2.04. The van der Waals surface area contributed by atoms with Gasteiger partial charge in [-0.2, -0.15) is 5.26 Å². The lowest BCUT2D eigenvalue weighted by molar-refractivity contribution is 0.598. The molecule has 0 saturated carbocycles. The summed E-state index contributed by atoms with van der Waals surface area (Å²) in [5, 5.41) is 8.56. The van der Waals surface area contributed by atoms with Crippen LogP contribution in [0.1, 0.15) is 12.5 Å². The van der Waals surface area contributed by atoms with Gasteiger partial charge in [0.05, 0.1) is 23.9 Å². The van der Waals surface area contributed by atoms with Gasteiger partial charge < -0.3 is 0 Å². The van der Waals surface area contributed by atoms with Crippen LogP contribution < -0.4 is 4.31 Å². The topological polar surface area (TPSA) is 61.2 Å². The second-order valence-corrected chi connectivity index (χ2v) is 6.35. The highest BCUT2D eigenvalue weighted by Gasteiger charge is 2.33. The average molecular weight is 250 g/mol. The second-order valence-electron chi connectivity index (χ2n) is 4.42. The molecular weight excluding hydrogens is 236 g/mol. The number of nitriles is 1. The predicted molar refractivity (Wildman–Crippen MR) is 66.1 cm³/mol. The number of rotatable bonds is 2. The summed E-state index contributed by atoms with van der Waals surface area (Å²) in [6.45, 7) is 2.47. The van der Waals surface area contributed by atoms with Gasteiger partial charge in [-0.05, 0) is 23.6 Å². The molecule has 0 aromatic heterocycles. The number of nitrogens with zero attached hydrogens (tertiary/aromatic N) is 2. The minimum atomic E-state index is -3.15. The van der Waals surface area contributed by atoms with E-state index in [1.165, 1.54) is 4.31 Å². The smallest absolute Gasteiger partial charge is 0.235 e. The Kier molecular flexibility index (Phi) is 3.07. The average Bonchev–Trinajstić information content (AvgIpc) is 2.53. The Bertz CT molecular complexity index is 543. The molecule has 1 aliphatic heterocycles. The Balaban J connectivity index is 2.27. The summed E-state index contributed by atoms with van der Waals surface area (Å²) in [7, 11) is -3.15. The molecule has 1 saturated heterocycles. The van der Waals surface area contributed by atoms with E-state index in [-0.39, 0.29) is 11.7 Å². The SMILES string of the molecule is CC1CN(c2ccc(CC#N)cc2)S(=O)(=O)C1. The van der Waals surface area contributed by atoms with Crippen LogP contribution in [0.2, 0.25) is 0 Å². The van der Waals surface area contributed by atoms with Crippen LogP contribution in [0.15, 0.2) is 24.3 Å². The van der Waals surface area contributed by atoms with Crippen molar-refractivity contribution in [3.8, 4) is 6.07 Å². The molecule has 4 nitrogen and oxygen atoms in total. The molecule has 1 aromatic carbocycles. The summed E-state index contributed by atoms with van der Waals surface area (Å²) >= 11 is 0. The van der Waals surface area contributed by atoms with Crippen LogP contribution in [0.4, 0.5) is 5.69 Å². The highest BCUT2D eigenvalue weighted by Crippen LogP contribution is 2.26. The third-order valence-corrected chi connectivity index (χ3v) is 4.84. The van der Waals surface area contributed by atoms with E-state index in [2.05, 4.69) is 6.07 Å². The van der Waals surface area contributed by atoms with Crippen LogP contribution in [0.5, 0.6) is 0 Å².